The summed E-state index contributed by atoms with van der Waals surface area (Å²) in [5.74, 6) is 1.53. The number of ether oxygens (including phenoxy) is 2. The fourth-order valence-corrected chi connectivity index (χ4v) is 2.30. The van der Waals surface area contributed by atoms with Crippen molar-refractivity contribution in [3.05, 3.63) is 48.3 Å². The molecule has 0 atom stereocenters. The Hall–Kier alpha value is -2.53. The lowest BCUT2D eigenvalue weighted by Gasteiger charge is -2.08. The van der Waals surface area contributed by atoms with Gasteiger partial charge in [0.1, 0.15) is 17.1 Å². The van der Waals surface area contributed by atoms with Crippen LogP contribution in [0.3, 0.4) is 0 Å². The molecule has 0 spiro atoms. The van der Waals surface area contributed by atoms with E-state index in [0.717, 1.165) is 34.0 Å². The normalized spacial score (nSPS) is 10.8. The summed E-state index contributed by atoms with van der Waals surface area (Å²) >= 11 is 0. The summed E-state index contributed by atoms with van der Waals surface area (Å²) in [4.78, 5) is 4.65. The zero-order chi connectivity index (χ0) is 14.8. The van der Waals surface area contributed by atoms with E-state index in [4.69, 9.17) is 15.2 Å². The van der Waals surface area contributed by atoms with E-state index in [0.29, 0.717) is 6.54 Å². The maximum Gasteiger partial charge on any atom is 0.137 e. The van der Waals surface area contributed by atoms with E-state index in [2.05, 4.69) is 4.98 Å². The highest BCUT2D eigenvalue weighted by Crippen LogP contribution is 2.32. The van der Waals surface area contributed by atoms with Crippen molar-refractivity contribution < 1.29 is 9.47 Å². The van der Waals surface area contributed by atoms with Gasteiger partial charge in [-0.05, 0) is 35.9 Å². The second kappa shape index (κ2) is 5.46. The fraction of sp³-hybridized carbons (Fsp3) is 0.188. The lowest BCUT2D eigenvalue weighted by Crippen LogP contribution is -1.96. The fourth-order valence-electron chi connectivity index (χ4n) is 2.30. The predicted molar refractivity (Wildman–Crippen MR) is 81.6 cm³/mol. The van der Waals surface area contributed by atoms with Gasteiger partial charge in [0.15, 0.2) is 0 Å². The summed E-state index contributed by atoms with van der Waals surface area (Å²) in [6, 6.07) is 9.63. The molecule has 0 radical (unpaired) electrons. The van der Waals surface area contributed by atoms with Crippen molar-refractivity contribution >= 4 is 5.65 Å². The molecule has 3 rings (SSSR count). The van der Waals surface area contributed by atoms with Gasteiger partial charge in [0, 0.05) is 24.5 Å². The minimum atomic E-state index is 0.501. The lowest BCUT2D eigenvalue weighted by molar-refractivity contribution is 0.404. The third-order valence-electron chi connectivity index (χ3n) is 3.44. The van der Waals surface area contributed by atoms with E-state index in [1.807, 2.05) is 47.1 Å². The number of imidazole rings is 1. The number of aromatic nitrogens is 2. The van der Waals surface area contributed by atoms with Gasteiger partial charge in [0.2, 0.25) is 0 Å². The minimum Gasteiger partial charge on any atom is -0.497 e. The minimum absolute atomic E-state index is 0.501. The van der Waals surface area contributed by atoms with Crippen LogP contribution >= 0.6 is 0 Å². The average molecular weight is 283 g/mol. The van der Waals surface area contributed by atoms with E-state index in [1.165, 1.54) is 0 Å². The number of benzene rings is 1. The van der Waals surface area contributed by atoms with Gasteiger partial charge in [-0.15, -0.1) is 0 Å². The van der Waals surface area contributed by atoms with Crippen molar-refractivity contribution in [3.8, 4) is 22.8 Å². The molecule has 3 aromatic rings. The van der Waals surface area contributed by atoms with Crippen LogP contribution in [0.2, 0.25) is 0 Å². The van der Waals surface area contributed by atoms with Crippen molar-refractivity contribution in [2.45, 2.75) is 6.54 Å². The standard InChI is InChI=1S/C16H17N3O2/c1-20-12-3-4-15(21-2)13(8-12)14-10-19-6-5-11(9-17)7-16(19)18-14/h3-8,10H,9,17H2,1-2H3. The van der Waals surface area contributed by atoms with Crippen LogP contribution < -0.4 is 15.2 Å². The van der Waals surface area contributed by atoms with Crippen LogP contribution in [0.5, 0.6) is 11.5 Å². The van der Waals surface area contributed by atoms with Gasteiger partial charge in [-0.25, -0.2) is 4.98 Å². The van der Waals surface area contributed by atoms with Crippen LogP contribution in [-0.4, -0.2) is 23.6 Å². The molecule has 0 aliphatic carbocycles. The van der Waals surface area contributed by atoms with Gasteiger partial charge in [0.25, 0.3) is 0 Å². The second-order valence-electron chi connectivity index (χ2n) is 4.70. The lowest BCUT2D eigenvalue weighted by atomic mass is 10.1. The first-order valence-electron chi connectivity index (χ1n) is 6.65. The highest BCUT2D eigenvalue weighted by atomic mass is 16.5. The molecule has 21 heavy (non-hydrogen) atoms. The largest absolute Gasteiger partial charge is 0.497 e. The van der Waals surface area contributed by atoms with Crippen molar-refractivity contribution in [2.75, 3.05) is 14.2 Å². The highest BCUT2D eigenvalue weighted by molar-refractivity contribution is 5.71. The second-order valence-corrected chi connectivity index (χ2v) is 4.70. The van der Waals surface area contributed by atoms with E-state index in [9.17, 15) is 0 Å². The Bertz CT molecular complexity index is 780. The maximum absolute atomic E-state index is 5.67. The van der Waals surface area contributed by atoms with Gasteiger partial charge in [-0.2, -0.15) is 0 Å². The van der Waals surface area contributed by atoms with E-state index in [1.54, 1.807) is 14.2 Å². The molecule has 0 unspecified atom stereocenters. The number of nitrogens with zero attached hydrogens (tertiary/aromatic N) is 2. The van der Waals surface area contributed by atoms with Gasteiger partial charge in [-0.1, -0.05) is 0 Å². The molecule has 0 aliphatic rings. The van der Waals surface area contributed by atoms with E-state index >= 15 is 0 Å². The number of methoxy groups -OCH3 is 2. The third-order valence-corrected chi connectivity index (χ3v) is 3.44. The molecule has 2 heterocycles. The number of pyridine rings is 1. The summed E-state index contributed by atoms with van der Waals surface area (Å²) < 4.78 is 12.7. The summed E-state index contributed by atoms with van der Waals surface area (Å²) in [5, 5.41) is 0. The summed E-state index contributed by atoms with van der Waals surface area (Å²) in [6.07, 6.45) is 3.92. The molecule has 108 valence electrons. The Morgan fingerprint density at radius 3 is 2.71 bits per heavy atom. The van der Waals surface area contributed by atoms with Crippen LogP contribution in [0.4, 0.5) is 0 Å². The first-order chi connectivity index (χ1) is 10.2. The number of rotatable bonds is 4. The molecule has 5 heteroatoms. The van der Waals surface area contributed by atoms with Crippen molar-refractivity contribution in [3.63, 3.8) is 0 Å². The zero-order valence-corrected chi connectivity index (χ0v) is 12.0. The molecule has 5 nitrogen and oxygen atoms in total. The SMILES string of the molecule is COc1ccc(OC)c(-c2cn3ccc(CN)cc3n2)c1. The van der Waals surface area contributed by atoms with Crippen molar-refractivity contribution in [1.82, 2.24) is 9.38 Å². The number of hydrogen-bond donors (Lipinski definition) is 1. The molecule has 0 bridgehead atoms. The van der Waals surface area contributed by atoms with Crippen molar-refractivity contribution in [2.24, 2.45) is 5.73 Å². The molecule has 0 aliphatic heterocycles. The van der Waals surface area contributed by atoms with E-state index < -0.39 is 0 Å². The van der Waals surface area contributed by atoms with Gasteiger partial charge < -0.3 is 19.6 Å². The number of fused-ring (bicyclic) bond motifs is 1. The topological polar surface area (TPSA) is 61.8 Å². The van der Waals surface area contributed by atoms with E-state index in [-0.39, 0.29) is 0 Å². The summed E-state index contributed by atoms with van der Waals surface area (Å²) in [7, 11) is 3.29. The van der Waals surface area contributed by atoms with Gasteiger partial charge in [-0.3, -0.25) is 0 Å². The molecule has 0 amide bonds. The average Bonchev–Trinajstić information content (AvgIpc) is 2.96. The van der Waals surface area contributed by atoms with Gasteiger partial charge in [0.05, 0.1) is 19.9 Å². The van der Waals surface area contributed by atoms with Crippen LogP contribution in [0.15, 0.2) is 42.7 Å². The van der Waals surface area contributed by atoms with Crippen molar-refractivity contribution in [1.29, 1.82) is 0 Å². The molecule has 0 fully saturated rings. The molecule has 0 saturated carbocycles. The number of hydrogen-bond acceptors (Lipinski definition) is 4. The smallest absolute Gasteiger partial charge is 0.137 e. The maximum atomic E-state index is 5.67. The van der Waals surface area contributed by atoms with Crippen LogP contribution in [0.1, 0.15) is 5.56 Å². The zero-order valence-electron chi connectivity index (χ0n) is 12.0. The monoisotopic (exact) mass is 283 g/mol. The summed E-state index contributed by atoms with van der Waals surface area (Å²) in [6.45, 7) is 0.501. The highest BCUT2D eigenvalue weighted by Gasteiger charge is 2.11. The Kier molecular flexibility index (Phi) is 3.50. The molecule has 2 N–H and O–H groups in total. The molecule has 2 aromatic heterocycles. The third kappa shape index (κ3) is 2.43. The van der Waals surface area contributed by atoms with Crippen LogP contribution in [-0.2, 0) is 6.54 Å². The van der Waals surface area contributed by atoms with Crippen LogP contribution in [0.25, 0.3) is 16.9 Å². The Labute approximate surface area is 122 Å². The summed E-state index contributed by atoms with van der Waals surface area (Å²) in [5.41, 5.74) is 9.31. The molecule has 0 saturated heterocycles. The Morgan fingerprint density at radius 1 is 1.14 bits per heavy atom. The quantitative estimate of drug-likeness (QED) is 0.799. The molecule has 1 aromatic carbocycles. The first-order valence-corrected chi connectivity index (χ1v) is 6.65. The molecular formula is C16H17N3O2. The first kappa shape index (κ1) is 13.5. The Balaban J connectivity index is 2.15. The Morgan fingerprint density at radius 2 is 2.00 bits per heavy atom. The van der Waals surface area contributed by atoms with Gasteiger partial charge >= 0.3 is 0 Å². The predicted octanol–water partition coefficient (Wildman–Crippen LogP) is 2.48. The van der Waals surface area contributed by atoms with Crippen LogP contribution in [0, 0.1) is 0 Å². The molecular weight excluding hydrogens is 266 g/mol. The number of nitrogens with two attached hydrogens (primary N) is 1.